The summed E-state index contributed by atoms with van der Waals surface area (Å²) in [4.78, 5) is 18.2. The van der Waals surface area contributed by atoms with Crippen LogP contribution in [-0.4, -0.2) is 68.3 Å². The molecule has 1 aliphatic heterocycles. The minimum atomic E-state index is -3.01. The van der Waals surface area contributed by atoms with Gasteiger partial charge in [0.05, 0.1) is 11.8 Å². The first-order valence-electron chi connectivity index (χ1n) is 10.1. The molecule has 2 heterocycles. The Morgan fingerprint density at radius 2 is 2.07 bits per heavy atom. The van der Waals surface area contributed by atoms with Crippen molar-refractivity contribution < 1.29 is 13.2 Å². The summed E-state index contributed by atoms with van der Waals surface area (Å²) >= 11 is 0. The van der Waals surface area contributed by atoms with Crippen LogP contribution >= 0.6 is 0 Å². The molecule has 0 radical (unpaired) electrons. The van der Waals surface area contributed by atoms with Crippen molar-refractivity contribution in [1.29, 1.82) is 0 Å². The van der Waals surface area contributed by atoms with E-state index >= 15 is 0 Å². The van der Waals surface area contributed by atoms with Gasteiger partial charge in [0.1, 0.15) is 21.4 Å². The predicted molar refractivity (Wildman–Crippen MR) is 113 cm³/mol. The first-order valence-corrected chi connectivity index (χ1v) is 12.2. The molecule has 0 saturated carbocycles. The lowest BCUT2D eigenvalue weighted by atomic mass is 10.1. The quantitative estimate of drug-likeness (QED) is 0.502. The van der Waals surface area contributed by atoms with Gasteiger partial charge in [-0.2, -0.15) is 0 Å². The zero-order valence-corrected chi connectivity index (χ0v) is 17.9. The molecule has 1 aliphatic rings. The molecule has 2 rings (SSSR count). The minimum absolute atomic E-state index is 0.0323. The number of Topliss-reactive ketones (excluding diaryl/α,β-unsaturated/α-hetero) is 1. The van der Waals surface area contributed by atoms with E-state index in [1.165, 1.54) is 18.7 Å². The third-order valence-electron chi connectivity index (χ3n) is 5.17. The fourth-order valence-electron chi connectivity index (χ4n) is 3.30. The summed E-state index contributed by atoms with van der Waals surface area (Å²) in [5.41, 5.74) is 8.21. The highest BCUT2D eigenvalue weighted by Gasteiger charge is 2.14. The number of sulfone groups is 1. The van der Waals surface area contributed by atoms with Crippen molar-refractivity contribution >= 4 is 21.4 Å². The van der Waals surface area contributed by atoms with Gasteiger partial charge in [-0.15, -0.1) is 0 Å². The number of ketones is 1. The zero-order valence-electron chi connectivity index (χ0n) is 17.1. The monoisotopic (exact) mass is 410 g/mol. The average molecular weight is 411 g/mol. The number of pyridine rings is 1. The molecule has 0 bridgehead atoms. The molecule has 158 valence electrons. The molecular weight excluding hydrogens is 376 g/mol. The van der Waals surface area contributed by atoms with Crippen LogP contribution in [0.25, 0.3) is 0 Å². The third kappa shape index (κ3) is 8.24. The molecule has 7 nitrogen and oxygen atoms in total. The van der Waals surface area contributed by atoms with Gasteiger partial charge in [-0.25, -0.2) is 13.4 Å². The van der Waals surface area contributed by atoms with Crippen LogP contribution in [0, 0.1) is 0 Å². The van der Waals surface area contributed by atoms with Gasteiger partial charge in [0, 0.05) is 31.6 Å². The van der Waals surface area contributed by atoms with E-state index < -0.39 is 15.9 Å². The molecule has 0 amide bonds. The highest BCUT2D eigenvalue weighted by Crippen LogP contribution is 2.20. The van der Waals surface area contributed by atoms with Gasteiger partial charge in [-0.3, -0.25) is 4.79 Å². The van der Waals surface area contributed by atoms with Crippen molar-refractivity contribution in [3.05, 3.63) is 23.4 Å². The lowest BCUT2D eigenvalue weighted by Crippen LogP contribution is -2.37. The van der Waals surface area contributed by atoms with Gasteiger partial charge in [-0.05, 0) is 63.6 Å². The Kier molecular flexibility index (Phi) is 8.85. The summed E-state index contributed by atoms with van der Waals surface area (Å²) < 4.78 is 23.0. The van der Waals surface area contributed by atoms with Crippen LogP contribution in [0.5, 0.6) is 0 Å². The second-order valence-corrected chi connectivity index (χ2v) is 10.0. The zero-order chi connectivity index (χ0) is 20.6. The Hall–Kier alpha value is -1.51. The van der Waals surface area contributed by atoms with E-state index in [0.717, 1.165) is 56.7 Å². The number of aromatic nitrogens is 1. The fourth-order valence-corrected chi connectivity index (χ4v) is 3.89. The number of unbranched alkanes of at least 4 members (excludes halogenated alkanes) is 1. The number of hydrogen-bond acceptors (Lipinski definition) is 7. The minimum Gasteiger partial charge on any atom is -0.370 e. The standard InChI is InChI=1S/C20H34N4O3S/c1-16(25)19(21)10-13-24(14-15-28(2,26)27)12-4-3-7-18-9-8-17-6-5-11-22-20(17)23-18/h8-9,19H,3-7,10-15,21H2,1-2H3,(H,22,23)/t19-/m0/s1. The van der Waals surface area contributed by atoms with Crippen LogP contribution in [0.4, 0.5) is 5.82 Å². The molecule has 3 N–H and O–H groups in total. The van der Waals surface area contributed by atoms with Crippen LogP contribution in [0.2, 0.25) is 0 Å². The third-order valence-corrected chi connectivity index (χ3v) is 6.09. The largest absolute Gasteiger partial charge is 0.370 e. The van der Waals surface area contributed by atoms with Crippen molar-refractivity contribution in [2.75, 3.05) is 43.5 Å². The maximum atomic E-state index is 11.5. The number of nitrogens with two attached hydrogens (primary N) is 1. The van der Waals surface area contributed by atoms with E-state index in [2.05, 4.69) is 22.3 Å². The van der Waals surface area contributed by atoms with E-state index in [4.69, 9.17) is 10.7 Å². The molecule has 0 aromatic carbocycles. The van der Waals surface area contributed by atoms with Crippen molar-refractivity contribution in [2.24, 2.45) is 5.73 Å². The number of nitrogens with one attached hydrogen (secondary N) is 1. The van der Waals surface area contributed by atoms with Gasteiger partial charge in [-0.1, -0.05) is 6.07 Å². The summed E-state index contributed by atoms with van der Waals surface area (Å²) in [5, 5.41) is 3.36. The smallest absolute Gasteiger partial charge is 0.148 e. The van der Waals surface area contributed by atoms with Crippen molar-refractivity contribution in [1.82, 2.24) is 9.88 Å². The van der Waals surface area contributed by atoms with E-state index in [-0.39, 0.29) is 11.5 Å². The SMILES string of the molecule is CC(=O)[C@@H](N)CCN(CCCCc1ccc2c(n1)NCCC2)CCS(C)(=O)=O. The summed E-state index contributed by atoms with van der Waals surface area (Å²) in [6, 6.07) is 3.80. The highest BCUT2D eigenvalue weighted by molar-refractivity contribution is 7.90. The van der Waals surface area contributed by atoms with Gasteiger partial charge in [0.15, 0.2) is 0 Å². The maximum absolute atomic E-state index is 11.5. The number of anilines is 1. The Bertz CT molecular complexity index is 752. The summed E-state index contributed by atoms with van der Waals surface area (Å²) in [6.45, 7) is 4.39. The van der Waals surface area contributed by atoms with E-state index in [9.17, 15) is 13.2 Å². The number of carbonyl (C=O) groups is 1. The lowest BCUT2D eigenvalue weighted by Gasteiger charge is -2.23. The van der Waals surface area contributed by atoms with E-state index in [1.807, 2.05) is 0 Å². The van der Waals surface area contributed by atoms with Gasteiger partial charge in [0.25, 0.3) is 0 Å². The molecule has 0 fully saturated rings. The summed E-state index contributed by atoms with van der Waals surface area (Å²) in [7, 11) is -3.01. The fraction of sp³-hybridized carbons (Fsp3) is 0.700. The number of nitrogens with zero attached hydrogens (tertiary/aromatic N) is 2. The molecule has 0 unspecified atom stereocenters. The number of aryl methyl sites for hydroxylation is 2. The van der Waals surface area contributed by atoms with Crippen molar-refractivity contribution in [2.45, 2.75) is 51.5 Å². The highest BCUT2D eigenvalue weighted by atomic mass is 32.2. The number of rotatable bonds is 12. The first kappa shape index (κ1) is 22.8. The average Bonchev–Trinajstić information content (AvgIpc) is 2.65. The molecule has 0 aliphatic carbocycles. The van der Waals surface area contributed by atoms with Crippen LogP contribution in [0.15, 0.2) is 12.1 Å². The van der Waals surface area contributed by atoms with Crippen LogP contribution in [0.3, 0.4) is 0 Å². The topological polar surface area (TPSA) is 105 Å². The lowest BCUT2D eigenvalue weighted by molar-refractivity contribution is -0.118. The second-order valence-electron chi connectivity index (χ2n) is 7.78. The molecular formula is C20H34N4O3S. The molecule has 1 aromatic heterocycles. The van der Waals surface area contributed by atoms with Crippen LogP contribution in [-0.2, 0) is 27.5 Å². The van der Waals surface area contributed by atoms with Crippen molar-refractivity contribution in [3.63, 3.8) is 0 Å². The Balaban J connectivity index is 1.79. The van der Waals surface area contributed by atoms with Crippen molar-refractivity contribution in [3.8, 4) is 0 Å². The van der Waals surface area contributed by atoms with Crippen LogP contribution in [0.1, 0.15) is 43.9 Å². The molecule has 1 aromatic rings. The molecule has 28 heavy (non-hydrogen) atoms. The first-order chi connectivity index (χ1) is 13.2. The predicted octanol–water partition coefficient (Wildman–Crippen LogP) is 1.42. The van der Waals surface area contributed by atoms with E-state index in [0.29, 0.717) is 19.5 Å². The molecule has 8 heteroatoms. The van der Waals surface area contributed by atoms with Gasteiger partial charge >= 0.3 is 0 Å². The van der Waals surface area contributed by atoms with Gasteiger partial charge < -0.3 is 16.0 Å². The number of carbonyl (C=O) groups excluding carboxylic acids is 1. The molecule has 1 atom stereocenters. The summed E-state index contributed by atoms with van der Waals surface area (Å²) in [6.07, 6.45) is 6.89. The second kappa shape index (κ2) is 10.9. The Morgan fingerprint density at radius 1 is 1.29 bits per heavy atom. The van der Waals surface area contributed by atoms with Gasteiger partial charge in [0.2, 0.25) is 0 Å². The summed E-state index contributed by atoms with van der Waals surface area (Å²) in [5.74, 6) is 1.12. The van der Waals surface area contributed by atoms with E-state index in [1.54, 1.807) is 0 Å². The Morgan fingerprint density at radius 3 is 2.79 bits per heavy atom. The Labute approximate surface area is 169 Å². The maximum Gasteiger partial charge on any atom is 0.148 e. The number of fused-ring (bicyclic) bond motifs is 1. The number of hydrogen-bond donors (Lipinski definition) is 2. The molecule has 0 spiro atoms. The molecule has 0 saturated heterocycles. The normalized spacial score (nSPS) is 15.1. The van der Waals surface area contributed by atoms with Crippen LogP contribution < -0.4 is 11.1 Å².